The van der Waals surface area contributed by atoms with Crippen molar-refractivity contribution < 1.29 is 4.74 Å². The number of nitriles is 1. The molecule has 2 aromatic heterocycles. The highest BCUT2D eigenvalue weighted by molar-refractivity contribution is 6.32. The van der Waals surface area contributed by atoms with Gasteiger partial charge in [0.25, 0.3) is 0 Å². The van der Waals surface area contributed by atoms with E-state index in [1.54, 1.807) is 19.4 Å². The zero-order chi connectivity index (χ0) is 20.9. The van der Waals surface area contributed by atoms with E-state index in [1.807, 2.05) is 48.5 Å². The Kier molecular flexibility index (Phi) is 5.73. The quantitative estimate of drug-likeness (QED) is 0.483. The lowest BCUT2D eigenvalue weighted by atomic mass is 10.1. The number of fused-ring (bicyclic) bond motifs is 1. The fourth-order valence-corrected chi connectivity index (χ4v) is 3.52. The molecular weight excluding hydrogens is 398 g/mol. The highest BCUT2D eigenvalue weighted by Gasteiger charge is 2.13. The van der Waals surface area contributed by atoms with Gasteiger partial charge < -0.3 is 10.1 Å². The summed E-state index contributed by atoms with van der Waals surface area (Å²) in [4.78, 5) is 4.38. The van der Waals surface area contributed by atoms with E-state index < -0.39 is 0 Å². The molecule has 1 N–H and O–H groups in total. The summed E-state index contributed by atoms with van der Waals surface area (Å²) in [5, 5.41) is 23.7. The number of nitrogens with zero attached hydrogens (tertiary/aromatic N) is 4. The first-order valence-electron chi connectivity index (χ1n) is 9.38. The van der Waals surface area contributed by atoms with Crippen LogP contribution in [0.2, 0.25) is 5.02 Å². The van der Waals surface area contributed by atoms with Crippen LogP contribution in [0.1, 0.15) is 11.1 Å². The van der Waals surface area contributed by atoms with Crippen LogP contribution in [0.15, 0.2) is 60.8 Å². The Morgan fingerprint density at radius 3 is 2.70 bits per heavy atom. The van der Waals surface area contributed by atoms with Gasteiger partial charge in [-0.15, -0.1) is 10.2 Å². The van der Waals surface area contributed by atoms with Crippen LogP contribution in [0, 0.1) is 11.3 Å². The monoisotopic (exact) mass is 415 g/mol. The summed E-state index contributed by atoms with van der Waals surface area (Å²) >= 11 is 6.21. The van der Waals surface area contributed by atoms with Crippen molar-refractivity contribution in [2.45, 2.75) is 6.42 Å². The molecule has 0 amide bonds. The first kappa shape index (κ1) is 19.6. The number of halogens is 1. The van der Waals surface area contributed by atoms with Crippen molar-refractivity contribution in [2.75, 3.05) is 19.0 Å². The molecule has 0 aliphatic carbocycles. The van der Waals surface area contributed by atoms with E-state index in [1.165, 1.54) is 0 Å². The van der Waals surface area contributed by atoms with E-state index in [-0.39, 0.29) is 0 Å². The average Bonchev–Trinajstić information content (AvgIpc) is 2.79. The number of pyridine rings is 1. The molecule has 0 aliphatic rings. The van der Waals surface area contributed by atoms with Gasteiger partial charge in [0.2, 0.25) is 0 Å². The second kappa shape index (κ2) is 8.76. The summed E-state index contributed by atoms with van der Waals surface area (Å²) < 4.78 is 5.19. The molecule has 4 rings (SSSR count). The summed E-state index contributed by atoms with van der Waals surface area (Å²) in [7, 11) is 1.59. The fourth-order valence-electron chi connectivity index (χ4n) is 3.24. The highest BCUT2D eigenvalue weighted by atomic mass is 35.5. The molecule has 6 nitrogen and oxygen atoms in total. The van der Waals surface area contributed by atoms with Gasteiger partial charge >= 0.3 is 0 Å². The lowest BCUT2D eigenvalue weighted by Gasteiger charge is -2.12. The number of nitrogens with one attached hydrogen (secondary N) is 1. The maximum atomic E-state index is 9.33. The van der Waals surface area contributed by atoms with Gasteiger partial charge in [-0.1, -0.05) is 29.8 Å². The molecule has 2 heterocycles. The molecule has 0 atom stereocenters. The van der Waals surface area contributed by atoms with Gasteiger partial charge in [0, 0.05) is 23.5 Å². The highest BCUT2D eigenvalue weighted by Crippen LogP contribution is 2.30. The topological polar surface area (TPSA) is 83.7 Å². The molecule has 0 fully saturated rings. The summed E-state index contributed by atoms with van der Waals surface area (Å²) in [6, 6.07) is 19.1. The number of methoxy groups -OCH3 is 1. The molecule has 30 heavy (non-hydrogen) atoms. The lowest BCUT2D eigenvalue weighted by molar-refractivity contribution is 0.415. The fraction of sp³-hybridized carbons (Fsp3) is 0.130. The van der Waals surface area contributed by atoms with E-state index in [4.69, 9.17) is 16.3 Å². The standard InChI is InChI=1S/C23H18ClN5O/c1-30-21-8-6-15(13-19(21)24)9-11-27-23-18-12-16(14-25)5-7-17(18)22(28-29-23)20-4-2-3-10-26-20/h2-8,10,12-13H,9,11H2,1H3,(H,27,29). The zero-order valence-electron chi connectivity index (χ0n) is 16.3. The van der Waals surface area contributed by atoms with E-state index in [0.717, 1.165) is 28.5 Å². The summed E-state index contributed by atoms with van der Waals surface area (Å²) in [5.74, 6) is 1.28. The minimum atomic E-state index is 0.562. The largest absolute Gasteiger partial charge is 0.495 e. The van der Waals surface area contributed by atoms with Crippen LogP contribution in [-0.2, 0) is 6.42 Å². The van der Waals surface area contributed by atoms with Crippen molar-refractivity contribution in [1.82, 2.24) is 15.2 Å². The molecule has 7 heteroatoms. The van der Waals surface area contributed by atoms with Gasteiger partial charge in [0.1, 0.15) is 11.4 Å². The molecule has 0 spiro atoms. The second-order valence-corrected chi connectivity index (χ2v) is 7.04. The van der Waals surface area contributed by atoms with Crippen molar-refractivity contribution in [3.8, 4) is 23.2 Å². The Hall–Kier alpha value is -3.69. The van der Waals surface area contributed by atoms with E-state index in [9.17, 15) is 5.26 Å². The maximum Gasteiger partial charge on any atom is 0.156 e. The number of hydrogen-bond donors (Lipinski definition) is 1. The lowest BCUT2D eigenvalue weighted by Crippen LogP contribution is -2.08. The van der Waals surface area contributed by atoms with Gasteiger partial charge in [-0.25, -0.2) is 0 Å². The molecule has 0 saturated heterocycles. The zero-order valence-corrected chi connectivity index (χ0v) is 17.0. The van der Waals surface area contributed by atoms with Crippen LogP contribution in [0.25, 0.3) is 22.2 Å². The first-order chi connectivity index (χ1) is 14.7. The average molecular weight is 416 g/mol. The van der Waals surface area contributed by atoms with Crippen LogP contribution in [0.5, 0.6) is 5.75 Å². The van der Waals surface area contributed by atoms with E-state index in [2.05, 4.69) is 26.6 Å². The van der Waals surface area contributed by atoms with Crippen LogP contribution < -0.4 is 10.1 Å². The Bertz CT molecular complexity index is 1240. The second-order valence-electron chi connectivity index (χ2n) is 6.63. The van der Waals surface area contributed by atoms with Gasteiger partial charge in [-0.2, -0.15) is 5.26 Å². The third kappa shape index (κ3) is 4.02. The molecule has 148 valence electrons. The number of anilines is 1. The number of hydrogen-bond acceptors (Lipinski definition) is 6. The summed E-state index contributed by atoms with van der Waals surface area (Å²) in [5.41, 5.74) is 3.06. The maximum absolute atomic E-state index is 9.33. The third-order valence-electron chi connectivity index (χ3n) is 4.74. The van der Waals surface area contributed by atoms with E-state index >= 15 is 0 Å². The molecule has 0 aliphatic heterocycles. The molecule has 2 aromatic carbocycles. The normalized spacial score (nSPS) is 10.6. The van der Waals surface area contributed by atoms with Gasteiger partial charge in [-0.05, 0) is 48.4 Å². The minimum Gasteiger partial charge on any atom is -0.495 e. The summed E-state index contributed by atoms with van der Waals surface area (Å²) in [6.45, 7) is 0.631. The predicted octanol–water partition coefficient (Wildman–Crippen LogP) is 4.88. The Labute approximate surface area is 179 Å². The SMILES string of the molecule is COc1ccc(CCNc2nnc(-c3ccccn3)c3ccc(C#N)cc23)cc1Cl. The Morgan fingerprint density at radius 2 is 1.97 bits per heavy atom. The van der Waals surface area contributed by atoms with Gasteiger partial charge in [0.15, 0.2) is 5.82 Å². The molecular formula is C23H18ClN5O. The number of ether oxygens (including phenoxy) is 1. The number of rotatable bonds is 6. The number of benzene rings is 2. The molecule has 0 radical (unpaired) electrons. The molecule has 0 saturated carbocycles. The van der Waals surface area contributed by atoms with Gasteiger partial charge in [-0.3, -0.25) is 4.98 Å². The van der Waals surface area contributed by atoms with Crippen LogP contribution >= 0.6 is 11.6 Å². The third-order valence-corrected chi connectivity index (χ3v) is 5.03. The number of aromatic nitrogens is 3. The Morgan fingerprint density at radius 1 is 1.07 bits per heavy atom. The smallest absolute Gasteiger partial charge is 0.156 e. The first-order valence-corrected chi connectivity index (χ1v) is 9.75. The predicted molar refractivity (Wildman–Crippen MR) is 118 cm³/mol. The molecule has 4 aromatic rings. The molecule has 0 bridgehead atoms. The van der Waals surface area contributed by atoms with Crippen molar-refractivity contribution in [2.24, 2.45) is 0 Å². The minimum absolute atomic E-state index is 0.562. The van der Waals surface area contributed by atoms with Crippen LogP contribution in [0.3, 0.4) is 0 Å². The van der Waals surface area contributed by atoms with Crippen molar-refractivity contribution in [3.05, 3.63) is 76.9 Å². The van der Waals surface area contributed by atoms with E-state index in [0.29, 0.717) is 34.4 Å². The van der Waals surface area contributed by atoms with Crippen molar-refractivity contribution in [1.29, 1.82) is 5.26 Å². The summed E-state index contributed by atoms with van der Waals surface area (Å²) in [6.07, 6.45) is 2.46. The van der Waals surface area contributed by atoms with Gasteiger partial charge in [0.05, 0.1) is 29.5 Å². The van der Waals surface area contributed by atoms with Crippen molar-refractivity contribution >= 4 is 28.2 Å². The molecule has 0 unspecified atom stereocenters. The van der Waals surface area contributed by atoms with Crippen LogP contribution in [0.4, 0.5) is 5.82 Å². The van der Waals surface area contributed by atoms with Crippen molar-refractivity contribution in [3.63, 3.8) is 0 Å². The Balaban J connectivity index is 1.62. The van der Waals surface area contributed by atoms with Crippen LogP contribution in [-0.4, -0.2) is 28.8 Å².